The lowest BCUT2D eigenvalue weighted by Crippen LogP contribution is -2.35. The Kier molecular flexibility index (Phi) is 6.14. The Balaban J connectivity index is 1.44. The van der Waals surface area contributed by atoms with Crippen LogP contribution < -0.4 is 5.32 Å². The van der Waals surface area contributed by atoms with E-state index in [1.165, 1.54) is 18.4 Å². The molecule has 1 aliphatic heterocycles. The number of nitrogens with zero attached hydrogens (tertiary/aromatic N) is 6. The highest BCUT2D eigenvalue weighted by Crippen LogP contribution is 2.32. The highest BCUT2D eigenvalue weighted by Gasteiger charge is 2.28. The van der Waals surface area contributed by atoms with E-state index in [0.717, 1.165) is 66.3 Å². The number of thiazole rings is 1. The highest BCUT2D eigenvalue weighted by molar-refractivity contribution is 7.13. The van der Waals surface area contributed by atoms with Gasteiger partial charge in [-0.25, -0.2) is 19.9 Å². The van der Waals surface area contributed by atoms with Gasteiger partial charge >= 0.3 is 0 Å². The Morgan fingerprint density at radius 1 is 1.16 bits per heavy atom. The van der Waals surface area contributed by atoms with Crippen LogP contribution in [0, 0.1) is 6.92 Å². The first kappa shape index (κ1) is 21.0. The van der Waals surface area contributed by atoms with Crippen LogP contribution in [0.15, 0.2) is 41.9 Å². The molecule has 4 aromatic rings. The fourth-order valence-corrected chi connectivity index (χ4v) is 5.11. The zero-order chi connectivity index (χ0) is 21.9. The van der Waals surface area contributed by atoms with Gasteiger partial charge in [-0.3, -0.25) is 4.90 Å². The second-order valence-electron chi connectivity index (χ2n) is 8.37. The maximum Gasteiger partial charge on any atom is 0.188 e. The largest absolute Gasteiger partial charge is 0.327 e. The molecular formula is C24H29N7S. The first-order chi connectivity index (χ1) is 15.7. The van der Waals surface area contributed by atoms with Crippen molar-refractivity contribution in [3.8, 4) is 0 Å². The molecular weight excluding hydrogens is 418 g/mol. The number of fused-ring (bicyclic) bond motifs is 1. The van der Waals surface area contributed by atoms with Crippen molar-refractivity contribution in [2.75, 3.05) is 11.9 Å². The Bertz CT molecular complexity index is 1180. The van der Waals surface area contributed by atoms with E-state index in [-0.39, 0.29) is 6.04 Å². The topological polar surface area (TPSA) is 71.8 Å². The lowest BCUT2D eigenvalue weighted by atomic mass is 10.0. The van der Waals surface area contributed by atoms with Crippen LogP contribution in [0.4, 0.5) is 10.9 Å². The number of likely N-dealkylation sites (tertiary alicyclic amines) is 1. The number of para-hydroxylation sites is 2. The third kappa shape index (κ3) is 4.38. The summed E-state index contributed by atoms with van der Waals surface area (Å²) in [4.78, 5) is 21.6. The standard InChI is InChI=1S/C24H29N7S/c1-3-12-31-19-9-5-4-8-18(19)27-22(31)16-30-13-7-6-10-20(30)23-26-17(2)15-21(28-23)29-24-25-11-14-32-24/h4-5,8-9,11,14-15,20H,3,6-7,10,12-13,16H2,1-2H3,(H,25,26,28,29). The fraction of sp³-hybridized carbons (Fsp3) is 0.417. The van der Waals surface area contributed by atoms with Gasteiger partial charge in [0.15, 0.2) is 5.13 Å². The average molecular weight is 448 g/mol. The summed E-state index contributed by atoms with van der Waals surface area (Å²) in [5.74, 6) is 2.84. The molecule has 7 nitrogen and oxygen atoms in total. The van der Waals surface area contributed by atoms with Gasteiger partial charge in [0, 0.05) is 29.9 Å². The number of benzene rings is 1. The number of rotatable bonds is 7. The zero-order valence-corrected chi connectivity index (χ0v) is 19.5. The fourth-order valence-electron chi connectivity index (χ4n) is 4.57. The molecule has 1 unspecified atom stereocenters. The minimum atomic E-state index is 0.190. The van der Waals surface area contributed by atoms with Crippen molar-refractivity contribution in [1.29, 1.82) is 0 Å². The van der Waals surface area contributed by atoms with Crippen LogP contribution >= 0.6 is 11.3 Å². The molecule has 1 N–H and O–H groups in total. The molecule has 0 amide bonds. The Morgan fingerprint density at radius 3 is 2.91 bits per heavy atom. The average Bonchev–Trinajstić information content (AvgIpc) is 3.42. The van der Waals surface area contributed by atoms with Gasteiger partial charge in [-0.05, 0) is 44.9 Å². The number of nitrogens with one attached hydrogen (secondary N) is 1. The van der Waals surface area contributed by atoms with Crippen LogP contribution in [0.1, 0.15) is 56.0 Å². The molecule has 1 aromatic carbocycles. The van der Waals surface area contributed by atoms with Crippen LogP contribution in [0.2, 0.25) is 0 Å². The third-order valence-corrected chi connectivity index (χ3v) is 6.66. The summed E-state index contributed by atoms with van der Waals surface area (Å²) >= 11 is 1.57. The minimum absolute atomic E-state index is 0.190. The Hall–Kier alpha value is -2.84. The number of anilines is 2. The van der Waals surface area contributed by atoms with Gasteiger partial charge in [0.2, 0.25) is 0 Å². The normalized spacial score (nSPS) is 17.1. The van der Waals surface area contributed by atoms with Gasteiger partial charge < -0.3 is 9.88 Å². The van der Waals surface area contributed by atoms with E-state index in [9.17, 15) is 0 Å². The number of piperidine rings is 1. The predicted molar refractivity (Wildman–Crippen MR) is 129 cm³/mol. The summed E-state index contributed by atoms with van der Waals surface area (Å²) < 4.78 is 2.38. The van der Waals surface area contributed by atoms with Crippen molar-refractivity contribution in [3.63, 3.8) is 0 Å². The SMILES string of the molecule is CCCn1c(CN2CCCCC2c2nc(C)cc(Nc3nccs3)n2)nc2ccccc21. The molecule has 0 saturated carbocycles. The van der Waals surface area contributed by atoms with Crippen LogP contribution in [0.5, 0.6) is 0 Å². The van der Waals surface area contributed by atoms with Crippen molar-refractivity contribution in [1.82, 2.24) is 29.4 Å². The molecule has 0 bridgehead atoms. The number of aryl methyl sites for hydroxylation is 2. The smallest absolute Gasteiger partial charge is 0.188 e. The van der Waals surface area contributed by atoms with Gasteiger partial charge in [0.1, 0.15) is 17.5 Å². The molecule has 5 rings (SSSR count). The van der Waals surface area contributed by atoms with E-state index >= 15 is 0 Å². The predicted octanol–water partition coefficient (Wildman–Crippen LogP) is 5.47. The van der Waals surface area contributed by atoms with Gasteiger partial charge in [0.25, 0.3) is 0 Å². The summed E-state index contributed by atoms with van der Waals surface area (Å²) in [5, 5.41) is 6.14. The van der Waals surface area contributed by atoms with Crippen LogP contribution in [-0.2, 0) is 13.1 Å². The first-order valence-corrected chi connectivity index (χ1v) is 12.3. The molecule has 1 aliphatic rings. The quantitative estimate of drug-likeness (QED) is 0.405. The summed E-state index contributed by atoms with van der Waals surface area (Å²) in [6.45, 7) is 7.08. The lowest BCUT2D eigenvalue weighted by Gasteiger charge is -2.34. The van der Waals surface area contributed by atoms with Crippen molar-refractivity contribution < 1.29 is 0 Å². The summed E-state index contributed by atoms with van der Waals surface area (Å²) in [6, 6.07) is 10.6. The number of aromatic nitrogens is 5. The zero-order valence-electron chi connectivity index (χ0n) is 18.7. The van der Waals surface area contributed by atoms with E-state index in [0.29, 0.717) is 0 Å². The molecule has 1 atom stereocenters. The molecule has 0 spiro atoms. The second-order valence-corrected chi connectivity index (χ2v) is 9.26. The highest BCUT2D eigenvalue weighted by atomic mass is 32.1. The number of hydrogen-bond acceptors (Lipinski definition) is 7. The molecule has 4 heterocycles. The molecule has 0 radical (unpaired) electrons. The van der Waals surface area contributed by atoms with Gasteiger partial charge in [-0.2, -0.15) is 0 Å². The summed E-state index contributed by atoms with van der Waals surface area (Å²) in [6.07, 6.45) is 6.34. The van der Waals surface area contributed by atoms with Crippen molar-refractivity contribution in [2.24, 2.45) is 0 Å². The third-order valence-electron chi connectivity index (χ3n) is 5.98. The van der Waals surface area contributed by atoms with Crippen molar-refractivity contribution in [2.45, 2.75) is 58.7 Å². The Morgan fingerprint density at radius 2 is 2.06 bits per heavy atom. The molecule has 3 aromatic heterocycles. The van der Waals surface area contributed by atoms with Crippen molar-refractivity contribution in [3.05, 3.63) is 59.3 Å². The number of imidazole rings is 1. The number of hydrogen-bond donors (Lipinski definition) is 1. The molecule has 1 saturated heterocycles. The molecule has 1 fully saturated rings. The molecule has 0 aliphatic carbocycles. The van der Waals surface area contributed by atoms with Gasteiger partial charge in [0.05, 0.1) is 23.6 Å². The van der Waals surface area contributed by atoms with E-state index in [2.05, 4.69) is 51.0 Å². The summed E-state index contributed by atoms with van der Waals surface area (Å²) in [7, 11) is 0. The van der Waals surface area contributed by atoms with Gasteiger partial charge in [-0.15, -0.1) is 11.3 Å². The Labute approximate surface area is 192 Å². The monoisotopic (exact) mass is 447 g/mol. The van der Waals surface area contributed by atoms with Crippen molar-refractivity contribution >= 4 is 33.3 Å². The molecule has 8 heteroatoms. The maximum atomic E-state index is 5.00. The second kappa shape index (κ2) is 9.34. The van der Waals surface area contributed by atoms with Crippen LogP contribution in [0.25, 0.3) is 11.0 Å². The van der Waals surface area contributed by atoms with E-state index in [1.807, 2.05) is 18.4 Å². The van der Waals surface area contributed by atoms with E-state index in [1.54, 1.807) is 17.5 Å². The molecule has 166 valence electrons. The van der Waals surface area contributed by atoms with Gasteiger partial charge in [-0.1, -0.05) is 25.5 Å². The molecule has 32 heavy (non-hydrogen) atoms. The first-order valence-electron chi connectivity index (χ1n) is 11.4. The maximum absolute atomic E-state index is 5.00. The lowest BCUT2D eigenvalue weighted by molar-refractivity contribution is 0.129. The summed E-state index contributed by atoms with van der Waals surface area (Å²) in [5.41, 5.74) is 3.27. The minimum Gasteiger partial charge on any atom is -0.327 e. The van der Waals surface area contributed by atoms with E-state index < -0.39 is 0 Å². The van der Waals surface area contributed by atoms with Crippen LogP contribution in [0.3, 0.4) is 0 Å². The van der Waals surface area contributed by atoms with E-state index in [4.69, 9.17) is 15.0 Å². The van der Waals surface area contributed by atoms with Crippen LogP contribution in [-0.4, -0.2) is 35.9 Å².